The van der Waals surface area contributed by atoms with E-state index in [-0.39, 0.29) is 5.78 Å². The molecule has 21 heavy (non-hydrogen) atoms. The van der Waals surface area contributed by atoms with Crippen molar-refractivity contribution < 1.29 is 9.53 Å². The number of thioether (sulfide) groups is 1. The van der Waals surface area contributed by atoms with Crippen molar-refractivity contribution in [1.82, 2.24) is 0 Å². The molecule has 0 aromatic heterocycles. The van der Waals surface area contributed by atoms with E-state index in [0.29, 0.717) is 6.42 Å². The average molecular weight is 300 g/mol. The van der Waals surface area contributed by atoms with Crippen molar-refractivity contribution in [3.8, 4) is 5.75 Å². The maximum Gasteiger partial charge on any atom is 0.162 e. The molecule has 0 bridgehead atoms. The van der Waals surface area contributed by atoms with Gasteiger partial charge in [0.25, 0.3) is 0 Å². The second kappa shape index (κ2) is 7.89. The molecule has 0 N–H and O–H groups in total. The van der Waals surface area contributed by atoms with Gasteiger partial charge in [-0.1, -0.05) is 31.2 Å². The molecule has 0 amide bonds. The predicted octanol–water partition coefficient (Wildman–Crippen LogP) is 4.97. The Balaban J connectivity index is 1.95. The van der Waals surface area contributed by atoms with Crippen LogP contribution in [0.5, 0.6) is 5.75 Å². The van der Waals surface area contributed by atoms with Gasteiger partial charge in [0.1, 0.15) is 5.75 Å². The minimum atomic E-state index is 0.224. The highest BCUT2D eigenvalue weighted by Gasteiger charge is 2.04. The van der Waals surface area contributed by atoms with Crippen molar-refractivity contribution in [2.45, 2.75) is 30.4 Å². The minimum Gasteiger partial charge on any atom is -0.497 e. The third kappa shape index (κ3) is 4.64. The van der Waals surface area contributed by atoms with Gasteiger partial charge in [-0.05, 0) is 36.2 Å². The smallest absolute Gasteiger partial charge is 0.162 e. The second-order valence-electron chi connectivity index (χ2n) is 4.84. The molecule has 0 heterocycles. The molecule has 0 fully saturated rings. The van der Waals surface area contributed by atoms with Crippen LogP contribution in [0.25, 0.3) is 0 Å². The number of methoxy groups -OCH3 is 1. The summed E-state index contributed by atoms with van der Waals surface area (Å²) in [6.45, 7) is 2.02. The topological polar surface area (TPSA) is 26.3 Å². The summed E-state index contributed by atoms with van der Waals surface area (Å²) >= 11 is 1.76. The lowest BCUT2D eigenvalue weighted by Crippen LogP contribution is -1.97. The van der Waals surface area contributed by atoms with Gasteiger partial charge in [0.2, 0.25) is 0 Å². The fourth-order valence-corrected chi connectivity index (χ4v) is 2.88. The number of hydrogen-bond acceptors (Lipinski definition) is 3. The van der Waals surface area contributed by atoms with E-state index in [1.807, 2.05) is 49.4 Å². The van der Waals surface area contributed by atoms with Gasteiger partial charge in [0, 0.05) is 22.6 Å². The van der Waals surface area contributed by atoms with E-state index in [2.05, 4.69) is 6.07 Å². The molecule has 0 atom stereocenters. The molecule has 3 heteroatoms. The third-order valence-corrected chi connectivity index (χ3v) is 4.28. The summed E-state index contributed by atoms with van der Waals surface area (Å²) < 4.78 is 5.23. The van der Waals surface area contributed by atoms with Gasteiger partial charge in [-0.2, -0.15) is 0 Å². The molecule has 0 unspecified atom stereocenters. The number of Topliss-reactive ketones (excluding diaryl/α,β-unsaturated/α-hetero) is 1. The van der Waals surface area contributed by atoms with Crippen LogP contribution >= 0.6 is 11.8 Å². The molecule has 0 spiro atoms. The minimum absolute atomic E-state index is 0.224. The SMILES string of the molecule is CCCC(=O)c1ccc(SCc2cccc(OC)c2)cc1. The molecule has 2 rings (SSSR count). The predicted molar refractivity (Wildman–Crippen MR) is 88.2 cm³/mol. The lowest BCUT2D eigenvalue weighted by atomic mass is 10.1. The molecule has 0 radical (unpaired) electrons. The van der Waals surface area contributed by atoms with Crippen LogP contribution in [-0.4, -0.2) is 12.9 Å². The molecule has 2 aromatic carbocycles. The van der Waals surface area contributed by atoms with Crippen LogP contribution < -0.4 is 4.74 Å². The third-order valence-electron chi connectivity index (χ3n) is 3.19. The number of benzene rings is 2. The Morgan fingerprint density at radius 1 is 1.14 bits per heavy atom. The van der Waals surface area contributed by atoms with Gasteiger partial charge < -0.3 is 4.74 Å². The lowest BCUT2D eigenvalue weighted by Gasteiger charge is -2.05. The van der Waals surface area contributed by atoms with E-state index < -0.39 is 0 Å². The van der Waals surface area contributed by atoms with Crippen molar-refractivity contribution >= 4 is 17.5 Å². The van der Waals surface area contributed by atoms with E-state index in [0.717, 1.165) is 23.5 Å². The Morgan fingerprint density at radius 3 is 2.57 bits per heavy atom. The number of rotatable bonds is 7. The number of ether oxygens (including phenoxy) is 1. The highest BCUT2D eigenvalue weighted by molar-refractivity contribution is 7.98. The first-order chi connectivity index (χ1) is 10.2. The van der Waals surface area contributed by atoms with Crippen molar-refractivity contribution in [3.05, 3.63) is 59.7 Å². The van der Waals surface area contributed by atoms with Crippen molar-refractivity contribution in [2.75, 3.05) is 7.11 Å². The van der Waals surface area contributed by atoms with Gasteiger partial charge in [-0.15, -0.1) is 11.8 Å². The summed E-state index contributed by atoms with van der Waals surface area (Å²) in [4.78, 5) is 13.0. The molecule has 110 valence electrons. The molecule has 2 aromatic rings. The van der Waals surface area contributed by atoms with Crippen LogP contribution in [0.15, 0.2) is 53.4 Å². The van der Waals surface area contributed by atoms with Gasteiger partial charge >= 0.3 is 0 Å². The fraction of sp³-hybridized carbons (Fsp3) is 0.278. The van der Waals surface area contributed by atoms with Crippen molar-refractivity contribution in [3.63, 3.8) is 0 Å². The number of carbonyl (C=O) groups is 1. The summed E-state index contributed by atoms with van der Waals surface area (Å²) in [5, 5.41) is 0. The zero-order valence-corrected chi connectivity index (χ0v) is 13.3. The van der Waals surface area contributed by atoms with E-state index in [1.165, 1.54) is 10.5 Å². The van der Waals surface area contributed by atoms with E-state index >= 15 is 0 Å². The van der Waals surface area contributed by atoms with Crippen LogP contribution in [0.4, 0.5) is 0 Å². The maximum absolute atomic E-state index is 11.8. The molecule has 0 saturated heterocycles. The molecule has 2 nitrogen and oxygen atoms in total. The summed E-state index contributed by atoms with van der Waals surface area (Å²) in [6, 6.07) is 16.0. The molecular formula is C18H20O2S. The van der Waals surface area contributed by atoms with Crippen LogP contribution in [0.2, 0.25) is 0 Å². The van der Waals surface area contributed by atoms with Crippen LogP contribution in [0, 0.1) is 0 Å². The number of ketones is 1. The highest BCUT2D eigenvalue weighted by Crippen LogP contribution is 2.25. The highest BCUT2D eigenvalue weighted by atomic mass is 32.2. The quantitative estimate of drug-likeness (QED) is 0.533. The van der Waals surface area contributed by atoms with Gasteiger partial charge in [0.15, 0.2) is 5.78 Å². The van der Waals surface area contributed by atoms with Crippen LogP contribution in [0.3, 0.4) is 0 Å². The summed E-state index contributed by atoms with van der Waals surface area (Å²) in [5.74, 6) is 2.00. The Hall–Kier alpha value is -1.74. The Bertz CT molecular complexity index is 590. The first kappa shape index (κ1) is 15.6. The Morgan fingerprint density at radius 2 is 1.90 bits per heavy atom. The summed E-state index contributed by atoms with van der Waals surface area (Å²) in [6.07, 6.45) is 1.52. The lowest BCUT2D eigenvalue weighted by molar-refractivity contribution is 0.0981. The standard InChI is InChI=1S/C18H20O2S/c1-3-5-18(19)15-8-10-17(11-9-15)21-13-14-6-4-7-16(12-14)20-2/h4,6-12H,3,5,13H2,1-2H3. The molecule has 0 aliphatic rings. The first-order valence-electron chi connectivity index (χ1n) is 7.12. The Kier molecular flexibility index (Phi) is 5.88. The second-order valence-corrected chi connectivity index (χ2v) is 5.89. The molecule has 0 saturated carbocycles. The van der Waals surface area contributed by atoms with Crippen LogP contribution in [0.1, 0.15) is 35.7 Å². The zero-order chi connectivity index (χ0) is 15.1. The zero-order valence-electron chi connectivity index (χ0n) is 12.5. The van der Waals surface area contributed by atoms with E-state index in [4.69, 9.17) is 4.74 Å². The number of carbonyl (C=O) groups excluding carboxylic acids is 1. The normalized spacial score (nSPS) is 10.4. The molecular weight excluding hydrogens is 280 g/mol. The molecule has 0 aliphatic carbocycles. The fourth-order valence-electron chi connectivity index (χ4n) is 2.04. The van der Waals surface area contributed by atoms with Crippen LogP contribution in [-0.2, 0) is 5.75 Å². The van der Waals surface area contributed by atoms with E-state index in [1.54, 1.807) is 18.9 Å². The largest absolute Gasteiger partial charge is 0.497 e. The summed E-state index contributed by atoms with van der Waals surface area (Å²) in [7, 11) is 1.68. The van der Waals surface area contributed by atoms with Crippen molar-refractivity contribution in [2.24, 2.45) is 0 Å². The van der Waals surface area contributed by atoms with Crippen molar-refractivity contribution in [1.29, 1.82) is 0 Å². The van der Waals surface area contributed by atoms with Gasteiger partial charge in [-0.25, -0.2) is 0 Å². The van der Waals surface area contributed by atoms with Gasteiger partial charge in [0.05, 0.1) is 7.11 Å². The average Bonchev–Trinajstić information content (AvgIpc) is 2.54. The number of hydrogen-bond donors (Lipinski definition) is 0. The van der Waals surface area contributed by atoms with Gasteiger partial charge in [-0.3, -0.25) is 4.79 Å². The molecule has 0 aliphatic heterocycles. The van der Waals surface area contributed by atoms with E-state index in [9.17, 15) is 4.79 Å². The first-order valence-corrected chi connectivity index (χ1v) is 8.10. The monoisotopic (exact) mass is 300 g/mol. The summed E-state index contributed by atoms with van der Waals surface area (Å²) in [5.41, 5.74) is 2.04. The maximum atomic E-state index is 11.8. The Labute approximate surface area is 130 Å².